The van der Waals surface area contributed by atoms with E-state index in [9.17, 15) is 4.79 Å². The lowest BCUT2D eigenvalue weighted by Crippen LogP contribution is -2.25. The lowest BCUT2D eigenvalue weighted by Gasteiger charge is -2.06. The number of halogens is 1. The van der Waals surface area contributed by atoms with Gasteiger partial charge in [0.15, 0.2) is 6.61 Å². The number of carbonyl (C=O) groups is 1. The van der Waals surface area contributed by atoms with Crippen LogP contribution in [-0.2, 0) is 4.79 Å². The number of hydrogen-bond acceptors (Lipinski definition) is 5. The molecule has 0 aliphatic heterocycles. The van der Waals surface area contributed by atoms with Crippen molar-refractivity contribution in [3.05, 3.63) is 58.6 Å². The van der Waals surface area contributed by atoms with E-state index >= 15 is 0 Å². The molecule has 0 unspecified atom stereocenters. The van der Waals surface area contributed by atoms with Crippen molar-refractivity contribution in [1.29, 1.82) is 0 Å². The molecule has 3 rings (SSSR count). The van der Waals surface area contributed by atoms with Crippen molar-refractivity contribution in [1.82, 2.24) is 10.4 Å². The molecule has 0 radical (unpaired) electrons. The van der Waals surface area contributed by atoms with Gasteiger partial charge in [0.25, 0.3) is 5.91 Å². The topological polar surface area (TPSA) is 63.6 Å². The lowest BCUT2D eigenvalue weighted by atomic mass is 10.3. The minimum Gasteiger partial charge on any atom is -0.482 e. The second-order valence-electron chi connectivity index (χ2n) is 4.94. The summed E-state index contributed by atoms with van der Waals surface area (Å²) in [6, 6.07) is 14.8. The van der Waals surface area contributed by atoms with Gasteiger partial charge in [-0.1, -0.05) is 35.9 Å². The molecule has 0 aliphatic carbocycles. The maximum atomic E-state index is 11.8. The van der Waals surface area contributed by atoms with E-state index in [1.807, 2.05) is 24.3 Å². The number of fused-ring (bicyclic) bond motifs is 1. The molecule has 1 N–H and O–H groups in total. The number of hydrazone groups is 1. The van der Waals surface area contributed by atoms with Crippen LogP contribution in [-0.4, -0.2) is 23.2 Å². The van der Waals surface area contributed by atoms with Crippen molar-refractivity contribution in [2.45, 2.75) is 6.92 Å². The minimum atomic E-state index is -0.365. The number of para-hydroxylation sites is 2. The second-order valence-corrected chi connectivity index (χ2v) is 6.38. The zero-order valence-electron chi connectivity index (χ0n) is 12.8. The van der Waals surface area contributed by atoms with Gasteiger partial charge >= 0.3 is 0 Å². The Hall–Kier alpha value is -2.44. The van der Waals surface area contributed by atoms with Crippen LogP contribution in [0, 0.1) is 0 Å². The van der Waals surface area contributed by atoms with Crippen LogP contribution in [0.2, 0.25) is 5.02 Å². The summed E-state index contributed by atoms with van der Waals surface area (Å²) in [6.45, 7) is 1.63. The molecule has 0 bridgehead atoms. The summed E-state index contributed by atoms with van der Waals surface area (Å²) < 4.78 is 6.44. The van der Waals surface area contributed by atoms with Gasteiger partial charge in [0.2, 0.25) is 0 Å². The Labute approximate surface area is 147 Å². The highest BCUT2D eigenvalue weighted by Gasteiger charge is 2.08. The summed E-state index contributed by atoms with van der Waals surface area (Å²) in [4.78, 5) is 16.3. The number of rotatable bonds is 5. The maximum absolute atomic E-state index is 11.8. The van der Waals surface area contributed by atoms with Crippen LogP contribution in [0.5, 0.6) is 5.75 Å². The van der Waals surface area contributed by atoms with Gasteiger partial charge in [0, 0.05) is 0 Å². The van der Waals surface area contributed by atoms with E-state index in [2.05, 4.69) is 15.5 Å². The van der Waals surface area contributed by atoms with Crippen LogP contribution in [0.3, 0.4) is 0 Å². The van der Waals surface area contributed by atoms with E-state index in [4.69, 9.17) is 16.3 Å². The molecule has 24 heavy (non-hydrogen) atoms. The van der Waals surface area contributed by atoms with Crippen molar-refractivity contribution >= 4 is 44.8 Å². The quantitative estimate of drug-likeness (QED) is 0.555. The van der Waals surface area contributed by atoms with E-state index < -0.39 is 0 Å². The van der Waals surface area contributed by atoms with Gasteiger partial charge in [-0.3, -0.25) is 4.79 Å². The van der Waals surface area contributed by atoms with Gasteiger partial charge in [-0.25, -0.2) is 10.4 Å². The third kappa shape index (κ3) is 3.90. The van der Waals surface area contributed by atoms with Gasteiger partial charge < -0.3 is 4.74 Å². The molecule has 7 heteroatoms. The van der Waals surface area contributed by atoms with Crippen molar-refractivity contribution in [2.24, 2.45) is 5.10 Å². The van der Waals surface area contributed by atoms with Crippen LogP contribution >= 0.6 is 22.9 Å². The largest absolute Gasteiger partial charge is 0.482 e. The van der Waals surface area contributed by atoms with Crippen molar-refractivity contribution in [3.63, 3.8) is 0 Å². The predicted octanol–water partition coefficient (Wildman–Crippen LogP) is 3.87. The zero-order valence-corrected chi connectivity index (χ0v) is 14.4. The van der Waals surface area contributed by atoms with Crippen LogP contribution in [0.4, 0.5) is 0 Å². The fourth-order valence-electron chi connectivity index (χ4n) is 1.96. The highest BCUT2D eigenvalue weighted by atomic mass is 35.5. The van der Waals surface area contributed by atoms with E-state index in [1.165, 1.54) is 11.3 Å². The number of benzene rings is 2. The summed E-state index contributed by atoms with van der Waals surface area (Å²) in [5.41, 5.74) is 4.02. The van der Waals surface area contributed by atoms with E-state index in [-0.39, 0.29) is 12.5 Å². The first kappa shape index (κ1) is 16.4. The normalized spacial score (nSPS) is 11.5. The van der Waals surface area contributed by atoms with E-state index in [0.717, 1.165) is 15.2 Å². The number of carbonyl (C=O) groups excluding carboxylic acids is 1. The lowest BCUT2D eigenvalue weighted by molar-refractivity contribution is -0.123. The van der Waals surface area contributed by atoms with Crippen molar-refractivity contribution in [3.8, 4) is 5.75 Å². The molecule has 5 nitrogen and oxygen atoms in total. The summed E-state index contributed by atoms with van der Waals surface area (Å²) in [6.07, 6.45) is 0. The zero-order chi connectivity index (χ0) is 16.9. The molecule has 0 atom stereocenters. The van der Waals surface area contributed by atoms with Gasteiger partial charge in [0.05, 0.1) is 21.0 Å². The molecule has 0 spiro atoms. The predicted molar refractivity (Wildman–Crippen MR) is 96.9 cm³/mol. The third-order valence-electron chi connectivity index (χ3n) is 3.15. The summed E-state index contributed by atoms with van der Waals surface area (Å²) in [7, 11) is 0. The van der Waals surface area contributed by atoms with Crippen molar-refractivity contribution < 1.29 is 9.53 Å². The molecule has 1 aromatic heterocycles. The Balaban J connectivity index is 1.60. The Kier molecular flexibility index (Phi) is 5.08. The van der Waals surface area contributed by atoms with Gasteiger partial charge in [-0.05, 0) is 31.2 Å². The SMILES string of the molecule is C/C(=N/NC(=O)COc1ccccc1Cl)c1nc2ccccc2s1. The number of amides is 1. The second kappa shape index (κ2) is 7.42. The molecule has 3 aromatic rings. The number of ether oxygens (including phenoxy) is 1. The molecule has 0 fully saturated rings. The monoisotopic (exact) mass is 359 g/mol. The molecule has 1 amide bonds. The van der Waals surface area contributed by atoms with Crippen LogP contribution in [0.25, 0.3) is 10.2 Å². The summed E-state index contributed by atoms with van der Waals surface area (Å²) >= 11 is 7.49. The van der Waals surface area contributed by atoms with Crippen LogP contribution in [0.1, 0.15) is 11.9 Å². The molecule has 0 saturated carbocycles. The first-order chi connectivity index (χ1) is 11.6. The summed E-state index contributed by atoms with van der Waals surface area (Å²) in [5, 5.41) is 5.30. The number of thiazole rings is 1. The van der Waals surface area contributed by atoms with Crippen LogP contribution in [0.15, 0.2) is 53.6 Å². The highest BCUT2D eigenvalue weighted by molar-refractivity contribution is 7.20. The number of aromatic nitrogens is 1. The Morgan fingerprint density at radius 3 is 2.79 bits per heavy atom. The van der Waals surface area contributed by atoms with Gasteiger partial charge in [-0.15, -0.1) is 11.3 Å². The Morgan fingerprint density at radius 1 is 1.25 bits per heavy atom. The summed E-state index contributed by atoms with van der Waals surface area (Å²) in [5.74, 6) is 0.0940. The third-order valence-corrected chi connectivity index (χ3v) is 4.60. The minimum absolute atomic E-state index is 0.166. The molecule has 1 heterocycles. The molecule has 0 saturated heterocycles. The highest BCUT2D eigenvalue weighted by Crippen LogP contribution is 2.23. The fraction of sp³-hybridized carbons (Fsp3) is 0.118. The molecule has 0 aliphatic rings. The average Bonchev–Trinajstić information content (AvgIpc) is 3.03. The smallest absolute Gasteiger partial charge is 0.277 e. The van der Waals surface area contributed by atoms with Gasteiger partial charge in [0.1, 0.15) is 10.8 Å². The first-order valence-corrected chi connectivity index (χ1v) is 8.39. The average molecular weight is 360 g/mol. The number of nitrogens with one attached hydrogen (secondary N) is 1. The van der Waals surface area contributed by atoms with Crippen LogP contribution < -0.4 is 10.2 Å². The Bertz CT molecular complexity index is 874. The fourth-order valence-corrected chi connectivity index (χ4v) is 3.06. The molecule has 122 valence electrons. The van der Waals surface area contributed by atoms with Crippen molar-refractivity contribution in [2.75, 3.05) is 6.61 Å². The van der Waals surface area contributed by atoms with E-state index in [1.54, 1.807) is 31.2 Å². The molecular formula is C17H14ClN3O2S. The number of nitrogens with zero attached hydrogens (tertiary/aromatic N) is 2. The molecule has 2 aromatic carbocycles. The molecular weight excluding hydrogens is 346 g/mol. The number of hydrogen-bond donors (Lipinski definition) is 1. The maximum Gasteiger partial charge on any atom is 0.277 e. The Morgan fingerprint density at radius 2 is 2.00 bits per heavy atom. The van der Waals surface area contributed by atoms with E-state index in [0.29, 0.717) is 16.5 Å². The standard InChI is InChI=1S/C17H14ClN3O2S/c1-11(17-19-13-7-3-5-9-15(13)24-17)20-21-16(22)10-23-14-8-4-2-6-12(14)18/h2-9H,10H2,1H3,(H,21,22)/b20-11-. The van der Waals surface area contributed by atoms with Gasteiger partial charge in [-0.2, -0.15) is 5.10 Å². The first-order valence-electron chi connectivity index (χ1n) is 7.20.